The minimum absolute atomic E-state index is 0.00499. The lowest BCUT2D eigenvalue weighted by Crippen LogP contribution is -2.53. The van der Waals surface area contributed by atoms with Gasteiger partial charge in [0.25, 0.3) is 0 Å². The summed E-state index contributed by atoms with van der Waals surface area (Å²) >= 11 is 0. The summed E-state index contributed by atoms with van der Waals surface area (Å²) in [6.45, 7) is 3.46. The Hall–Kier alpha value is -2.89. The van der Waals surface area contributed by atoms with Gasteiger partial charge in [0.1, 0.15) is 11.2 Å². The van der Waals surface area contributed by atoms with Gasteiger partial charge in [0, 0.05) is 44.6 Å². The zero-order valence-electron chi connectivity index (χ0n) is 15.9. The highest BCUT2D eigenvalue weighted by atomic mass is 16.2. The Kier molecular flexibility index (Phi) is 4.07. The molecule has 2 aliphatic heterocycles. The molecule has 1 saturated carbocycles. The number of pyridine rings is 1. The highest BCUT2D eigenvalue weighted by Crippen LogP contribution is 2.50. The number of anilines is 2. The van der Waals surface area contributed by atoms with Crippen LogP contribution in [-0.2, 0) is 16.0 Å². The third-order valence-corrected chi connectivity index (χ3v) is 6.24. The number of aromatic nitrogens is 1. The average molecular weight is 376 g/mol. The number of fused-ring (bicyclic) bond motifs is 1. The first kappa shape index (κ1) is 17.2. The monoisotopic (exact) mass is 376 g/mol. The standard InChI is InChI=1S/C22H24N4O2/c27-20(25-15-13-24(14-16-25)19-7-3-4-11-23-19)22(9-10-22)21(28)26-12-8-17-5-1-2-6-18(17)26/h1-7,11H,8-10,12-16H2. The summed E-state index contributed by atoms with van der Waals surface area (Å²) in [5.41, 5.74) is 1.35. The molecule has 2 aromatic rings. The number of nitrogens with zero attached hydrogens (tertiary/aromatic N) is 4. The second-order valence-corrected chi connectivity index (χ2v) is 7.88. The number of amides is 2. The van der Waals surface area contributed by atoms with E-state index in [9.17, 15) is 9.59 Å². The normalized spacial score (nSPS) is 20.1. The second kappa shape index (κ2) is 6.62. The van der Waals surface area contributed by atoms with Crippen molar-refractivity contribution in [2.75, 3.05) is 42.5 Å². The van der Waals surface area contributed by atoms with E-state index in [4.69, 9.17) is 0 Å². The molecule has 1 saturated heterocycles. The molecule has 6 nitrogen and oxygen atoms in total. The molecule has 0 unspecified atom stereocenters. The molecule has 0 atom stereocenters. The van der Waals surface area contributed by atoms with Gasteiger partial charge in [-0.3, -0.25) is 9.59 Å². The van der Waals surface area contributed by atoms with Crippen LogP contribution in [0.25, 0.3) is 0 Å². The average Bonchev–Trinajstić information content (AvgIpc) is 3.46. The van der Waals surface area contributed by atoms with Crippen LogP contribution in [0.5, 0.6) is 0 Å². The summed E-state index contributed by atoms with van der Waals surface area (Å²) in [4.78, 5) is 36.9. The number of para-hydroxylation sites is 1. The van der Waals surface area contributed by atoms with E-state index in [1.54, 1.807) is 6.20 Å². The van der Waals surface area contributed by atoms with Gasteiger partial charge in [-0.15, -0.1) is 0 Å². The summed E-state index contributed by atoms with van der Waals surface area (Å²) in [5.74, 6) is 0.956. The Bertz CT molecular complexity index is 902. The molecule has 0 N–H and O–H groups in total. The van der Waals surface area contributed by atoms with Gasteiger partial charge < -0.3 is 14.7 Å². The molecule has 1 aromatic carbocycles. The van der Waals surface area contributed by atoms with Crippen LogP contribution >= 0.6 is 0 Å². The van der Waals surface area contributed by atoms with E-state index >= 15 is 0 Å². The van der Waals surface area contributed by atoms with Crippen molar-refractivity contribution >= 4 is 23.3 Å². The maximum atomic E-state index is 13.3. The SMILES string of the molecule is O=C(N1CCN(c2ccccn2)CC1)C1(C(=O)N2CCc3ccccc32)CC1. The van der Waals surface area contributed by atoms with Gasteiger partial charge >= 0.3 is 0 Å². The van der Waals surface area contributed by atoms with E-state index in [1.807, 2.05) is 46.2 Å². The largest absolute Gasteiger partial charge is 0.353 e. The van der Waals surface area contributed by atoms with Crippen LogP contribution in [0, 0.1) is 5.41 Å². The summed E-state index contributed by atoms with van der Waals surface area (Å²) in [6, 6.07) is 13.9. The number of hydrogen-bond acceptors (Lipinski definition) is 4. The molecule has 5 rings (SSSR count). The summed E-state index contributed by atoms with van der Waals surface area (Å²) in [7, 11) is 0. The number of piperazine rings is 1. The first-order valence-corrected chi connectivity index (χ1v) is 10.0. The molecule has 3 heterocycles. The number of rotatable bonds is 3. The lowest BCUT2D eigenvalue weighted by Gasteiger charge is -2.37. The Labute approximate surface area is 164 Å². The van der Waals surface area contributed by atoms with Crippen LogP contribution in [0.1, 0.15) is 18.4 Å². The fourth-order valence-corrected chi connectivity index (χ4v) is 4.43. The van der Waals surface area contributed by atoms with Crippen molar-refractivity contribution in [3.8, 4) is 0 Å². The number of carbonyl (C=O) groups is 2. The van der Waals surface area contributed by atoms with Gasteiger partial charge in [0.05, 0.1) is 0 Å². The van der Waals surface area contributed by atoms with Crippen molar-refractivity contribution in [1.29, 1.82) is 0 Å². The molecule has 6 heteroatoms. The second-order valence-electron chi connectivity index (χ2n) is 7.88. The third kappa shape index (κ3) is 2.75. The molecule has 0 spiro atoms. The van der Waals surface area contributed by atoms with Crippen LogP contribution in [0.2, 0.25) is 0 Å². The minimum atomic E-state index is -0.829. The van der Waals surface area contributed by atoms with E-state index < -0.39 is 5.41 Å². The number of hydrogen-bond donors (Lipinski definition) is 0. The lowest BCUT2D eigenvalue weighted by atomic mass is 10.0. The van der Waals surface area contributed by atoms with Crippen LogP contribution in [0.3, 0.4) is 0 Å². The minimum Gasteiger partial charge on any atom is -0.353 e. The van der Waals surface area contributed by atoms with E-state index in [2.05, 4.69) is 16.0 Å². The van der Waals surface area contributed by atoms with Crippen molar-refractivity contribution in [3.05, 3.63) is 54.2 Å². The van der Waals surface area contributed by atoms with Gasteiger partial charge in [0.2, 0.25) is 11.8 Å². The van der Waals surface area contributed by atoms with Crippen molar-refractivity contribution in [1.82, 2.24) is 9.88 Å². The fraction of sp³-hybridized carbons (Fsp3) is 0.409. The van der Waals surface area contributed by atoms with E-state index in [0.717, 1.165) is 31.0 Å². The predicted molar refractivity (Wildman–Crippen MR) is 107 cm³/mol. The summed E-state index contributed by atoms with van der Waals surface area (Å²) < 4.78 is 0. The maximum absolute atomic E-state index is 13.3. The van der Waals surface area contributed by atoms with Gasteiger partial charge in [-0.2, -0.15) is 0 Å². The molecular weight excluding hydrogens is 352 g/mol. The zero-order valence-corrected chi connectivity index (χ0v) is 15.9. The first-order chi connectivity index (χ1) is 13.7. The van der Waals surface area contributed by atoms with Crippen LogP contribution in [-0.4, -0.2) is 54.4 Å². The summed E-state index contributed by atoms with van der Waals surface area (Å²) in [5, 5.41) is 0. The molecule has 0 radical (unpaired) electrons. The Balaban J connectivity index is 1.28. The van der Waals surface area contributed by atoms with Crippen molar-refractivity contribution < 1.29 is 9.59 Å². The van der Waals surface area contributed by atoms with Gasteiger partial charge in [0.15, 0.2) is 0 Å². The summed E-state index contributed by atoms with van der Waals surface area (Å²) in [6.07, 6.45) is 4.00. The molecule has 3 aliphatic rings. The van der Waals surface area contributed by atoms with Crippen LogP contribution < -0.4 is 9.80 Å². The molecule has 2 amide bonds. The number of benzene rings is 1. The highest BCUT2D eigenvalue weighted by Gasteiger charge is 2.60. The Morgan fingerprint density at radius 1 is 0.857 bits per heavy atom. The Morgan fingerprint density at radius 3 is 2.32 bits per heavy atom. The maximum Gasteiger partial charge on any atom is 0.242 e. The van der Waals surface area contributed by atoms with E-state index in [-0.39, 0.29) is 11.8 Å². The lowest BCUT2D eigenvalue weighted by molar-refractivity contribution is -0.143. The molecule has 0 bridgehead atoms. The zero-order chi connectivity index (χ0) is 19.1. The highest BCUT2D eigenvalue weighted by molar-refractivity contribution is 6.14. The van der Waals surface area contributed by atoms with Crippen LogP contribution in [0.4, 0.5) is 11.5 Å². The molecule has 144 valence electrons. The smallest absolute Gasteiger partial charge is 0.242 e. The van der Waals surface area contributed by atoms with Crippen molar-refractivity contribution in [2.45, 2.75) is 19.3 Å². The topological polar surface area (TPSA) is 56.8 Å². The van der Waals surface area contributed by atoms with Gasteiger partial charge in [-0.25, -0.2) is 4.98 Å². The molecule has 1 aliphatic carbocycles. The first-order valence-electron chi connectivity index (χ1n) is 10.0. The molecule has 2 fully saturated rings. The van der Waals surface area contributed by atoms with E-state index in [0.29, 0.717) is 32.5 Å². The number of carbonyl (C=O) groups excluding carboxylic acids is 2. The van der Waals surface area contributed by atoms with Gasteiger partial charge in [-0.05, 0) is 43.0 Å². The van der Waals surface area contributed by atoms with Crippen molar-refractivity contribution in [3.63, 3.8) is 0 Å². The molecule has 1 aromatic heterocycles. The fourth-order valence-electron chi connectivity index (χ4n) is 4.43. The quantitative estimate of drug-likeness (QED) is 0.770. The van der Waals surface area contributed by atoms with Crippen molar-refractivity contribution in [2.24, 2.45) is 5.41 Å². The molecular formula is C22H24N4O2. The van der Waals surface area contributed by atoms with E-state index in [1.165, 1.54) is 5.56 Å². The Morgan fingerprint density at radius 2 is 1.61 bits per heavy atom. The van der Waals surface area contributed by atoms with Gasteiger partial charge in [-0.1, -0.05) is 24.3 Å². The molecule has 28 heavy (non-hydrogen) atoms. The predicted octanol–water partition coefficient (Wildman–Crippen LogP) is 2.10. The van der Waals surface area contributed by atoms with Crippen LogP contribution in [0.15, 0.2) is 48.7 Å². The third-order valence-electron chi connectivity index (χ3n) is 6.24.